The van der Waals surface area contributed by atoms with E-state index in [1.807, 2.05) is 30.3 Å². The number of nitrogens with zero attached hydrogens (tertiary/aromatic N) is 5. The van der Waals surface area contributed by atoms with Gasteiger partial charge in [-0.15, -0.1) is 5.10 Å². The van der Waals surface area contributed by atoms with E-state index >= 15 is 0 Å². The highest BCUT2D eigenvalue weighted by molar-refractivity contribution is 5.90. The van der Waals surface area contributed by atoms with E-state index in [4.69, 9.17) is 5.73 Å². The fraction of sp³-hybridized carbons (Fsp3) is 0.158. The number of fused-ring (bicyclic) bond motifs is 1. The van der Waals surface area contributed by atoms with Crippen molar-refractivity contribution in [3.05, 3.63) is 59.7 Å². The molecular formula is C19H15F3N6. The largest absolute Gasteiger partial charge is 0.433 e. The van der Waals surface area contributed by atoms with Crippen LogP contribution in [0, 0.1) is 13.8 Å². The van der Waals surface area contributed by atoms with Gasteiger partial charge < -0.3 is 5.73 Å². The number of aromatic nitrogens is 5. The number of hydrogen-bond acceptors (Lipinski definition) is 5. The van der Waals surface area contributed by atoms with E-state index in [0.717, 1.165) is 6.07 Å². The smallest absolute Gasteiger partial charge is 0.368 e. The molecule has 3 heterocycles. The van der Waals surface area contributed by atoms with E-state index in [-0.39, 0.29) is 11.6 Å². The highest BCUT2D eigenvalue weighted by atomic mass is 19.4. The van der Waals surface area contributed by atoms with Gasteiger partial charge in [-0.25, -0.2) is 15.0 Å². The van der Waals surface area contributed by atoms with Gasteiger partial charge in [0.25, 0.3) is 0 Å². The topological polar surface area (TPSA) is 82.0 Å². The van der Waals surface area contributed by atoms with Crippen LogP contribution in [0.15, 0.2) is 42.5 Å². The summed E-state index contributed by atoms with van der Waals surface area (Å²) in [5.41, 5.74) is 7.47. The SMILES string of the molecule is Cc1cc(-c2c(-c3ccccc3)nc(N)n3nc(C)nc23)cc(C(F)(F)F)n1. The first-order chi connectivity index (χ1) is 13.2. The van der Waals surface area contributed by atoms with Gasteiger partial charge in [0, 0.05) is 11.3 Å². The average Bonchev–Trinajstić information content (AvgIpc) is 3.03. The first-order valence-electron chi connectivity index (χ1n) is 8.38. The summed E-state index contributed by atoms with van der Waals surface area (Å²) in [6, 6.07) is 11.7. The molecule has 28 heavy (non-hydrogen) atoms. The van der Waals surface area contributed by atoms with Crippen LogP contribution in [0.2, 0.25) is 0 Å². The molecule has 9 heteroatoms. The molecule has 3 aromatic heterocycles. The monoisotopic (exact) mass is 384 g/mol. The first kappa shape index (κ1) is 17.9. The zero-order valence-corrected chi connectivity index (χ0v) is 15.0. The quantitative estimate of drug-likeness (QED) is 0.563. The molecule has 6 nitrogen and oxygen atoms in total. The van der Waals surface area contributed by atoms with Gasteiger partial charge in [0.15, 0.2) is 5.65 Å². The molecule has 0 saturated heterocycles. The summed E-state index contributed by atoms with van der Waals surface area (Å²) in [5.74, 6) is 0.529. The van der Waals surface area contributed by atoms with Crippen LogP contribution in [-0.4, -0.2) is 24.6 Å². The molecule has 4 aromatic rings. The Morgan fingerprint density at radius 1 is 0.929 bits per heavy atom. The second-order valence-electron chi connectivity index (χ2n) is 6.33. The fourth-order valence-corrected chi connectivity index (χ4v) is 3.09. The molecule has 0 aliphatic carbocycles. The molecular weight excluding hydrogens is 369 g/mol. The summed E-state index contributed by atoms with van der Waals surface area (Å²) in [4.78, 5) is 12.4. The Balaban J connectivity index is 2.11. The van der Waals surface area contributed by atoms with Gasteiger partial charge in [-0.05, 0) is 31.5 Å². The van der Waals surface area contributed by atoms with Gasteiger partial charge in [0.05, 0.1) is 11.3 Å². The van der Waals surface area contributed by atoms with Crippen LogP contribution in [0.3, 0.4) is 0 Å². The van der Waals surface area contributed by atoms with Gasteiger partial charge in [-0.1, -0.05) is 30.3 Å². The molecule has 2 N–H and O–H groups in total. The van der Waals surface area contributed by atoms with Crippen LogP contribution >= 0.6 is 0 Å². The zero-order valence-electron chi connectivity index (χ0n) is 15.0. The maximum absolute atomic E-state index is 13.3. The third kappa shape index (κ3) is 3.04. The van der Waals surface area contributed by atoms with Crippen LogP contribution < -0.4 is 5.73 Å². The highest BCUT2D eigenvalue weighted by Gasteiger charge is 2.33. The van der Waals surface area contributed by atoms with Crippen molar-refractivity contribution in [2.75, 3.05) is 5.73 Å². The number of anilines is 1. The Morgan fingerprint density at radius 3 is 2.32 bits per heavy atom. The minimum atomic E-state index is -4.57. The van der Waals surface area contributed by atoms with E-state index < -0.39 is 11.9 Å². The molecule has 0 saturated carbocycles. The molecule has 0 radical (unpaired) electrons. The third-order valence-corrected chi connectivity index (χ3v) is 4.20. The summed E-state index contributed by atoms with van der Waals surface area (Å²) in [6.07, 6.45) is -4.57. The lowest BCUT2D eigenvalue weighted by Crippen LogP contribution is -2.10. The van der Waals surface area contributed by atoms with E-state index in [1.54, 1.807) is 13.0 Å². The Bertz CT molecular complexity index is 1180. The first-order valence-corrected chi connectivity index (χ1v) is 8.38. The normalized spacial score (nSPS) is 11.9. The van der Waals surface area contributed by atoms with Crippen LogP contribution in [0.25, 0.3) is 28.0 Å². The van der Waals surface area contributed by atoms with Gasteiger partial charge in [0.1, 0.15) is 11.5 Å². The second kappa shape index (κ2) is 6.29. The number of hydrogen-bond donors (Lipinski definition) is 1. The Labute approximate surface area is 157 Å². The maximum atomic E-state index is 13.3. The van der Waals surface area contributed by atoms with Crippen LogP contribution in [0.5, 0.6) is 0 Å². The second-order valence-corrected chi connectivity index (χ2v) is 6.33. The molecule has 0 amide bonds. The lowest BCUT2D eigenvalue weighted by atomic mass is 9.99. The fourth-order valence-electron chi connectivity index (χ4n) is 3.09. The lowest BCUT2D eigenvalue weighted by molar-refractivity contribution is -0.141. The number of aryl methyl sites for hydroxylation is 2. The summed E-state index contributed by atoms with van der Waals surface area (Å²) in [7, 11) is 0. The van der Waals surface area contributed by atoms with Crippen molar-refractivity contribution in [1.82, 2.24) is 24.6 Å². The number of rotatable bonds is 2. The van der Waals surface area contributed by atoms with Crippen LogP contribution in [0.4, 0.5) is 19.1 Å². The van der Waals surface area contributed by atoms with Crippen LogP contribution in [-0.2, 0) is 6.18 Å². The minimum absolute atomic E-state index is 0.0972. The Kier molecular flexibility index (Phi) is 4.02. The minimum Gasteiger partial charge on any atom is -0.368 e. The number of benzene rings is 1. The van der Waals surface area contributed by atoms with E-state index in [2.05, 4.69) is 20.1 Å². The summed E-state index contributed by atoms with van der Waals surface area (Å²) < 4.78 is 41.3. The molecule has 142 valence electrons. The van der Waals surface area contributed by atoms with E-state index in [0.29, 0.717) is 33.9 Å². The van der Waals surface area contributed by atoms with Crippen LogP contribution in [0.1, 0.15) is 17.2 Å². The summed E-state index contributed by atoms with van der Waals surface area (Å²) in [5, 5.41) is 4.21. The number of nitrogens with two attached hydrogens (primary N) is 1. The van der Waals surface area contributed by atoms with E-state index in [9.17, 15) is 13.2 Å². The van der Waals surface area contributed by atoms with Crippen molar-refractivity contribution < 1.29 is 13.2 Å². The molecule has 0 unspecified atom stereocenters. The zero-order chi connectivity index (χ0) is 20.1. The van der Waals surface area contributed by atoms with Crippen molar-refractivity contribution in [1.29, 1.82) is 0 Å². The Hall–Kier alpha value is -3.49. The van der Waals surface area contributed by atoms with Crippen molar-refractivity contribution in [3.63, 3.8) is 0 Å². The maximum Gasteiger partial charge on any atom is 0.433 e. The molecule has 0 aliphatic heterocycles. The van der Waals surface area contributed by atoms with Gasteiger partial charge >= 0.3 is 6.18 Å². The number of nitrogen functional groups attached to an aromatic ring is 1. The number of halogens is 3. The molecule has 0 fully saturated rings. The average molecular weight is 384 g/mol. The molecule has 4 rings (SSSR count). The molecule has 0 bridgehead atoms. The van der Waals surface area contributed by atoms with Gasteiger partial charge in [-0.2, -0.15) is 17.7 Å². The molecule has 0 spiro atoms. The number of alkyl halides is 3. The molecule has 0 atom stereocenters. The summed E-state index contributed by atoms with van der Waals surface area (Å²) >= 11 is 0. The predicted octanol–water partition coefficient (Wildman–Crippen LogP) is 4.07. The van der Waals surface area contributed by atoms with Crippen molar-refractivity contribution in [2.45, 2.75) is 20.0 Å². The standard InChI is InChI=1S/C19H15F3N6/c1-10-8-13(9-14(24-10)19(20,21)22)15-16(12-6-4-3-5-7-12)26-18(23)28-17(15)25-11(2)27-28/h3-9H,1-2H3,(H2,23,26). The molecule has 1 aromatic carbocycles. The van der Waals surface area contributed by atoms with Gasteiger partial charge in [0.2, 0.25) is 5.95 Å². The highest BCUT2D eigenvalue weighted by Crippen LogP contribution is 2.37. The van der Waals surface area contributed by atoms with E-state index in [1.165, 1.54) is 11.4 Å². The number of pyridine rings is 1. The van der Waals surface area contributed by atoms with Crippen molar-refractivity contribution >= 4 is 11.6 Å². The molecule has 0 aliphatic rings. The third-order valence-electron chi connectivity index (χ3n) is 4.20. The lowest BCUT2D eigenvalue weighted by Gasteiger charge is -2.14. The predicted molar refractivity (Wildman–Crippen MR) is 98.3 cm³/mol. The van der Waals surface area contributed by atoms with Crippen molar-refractivity contribution in [2.24, 2.45) is 0 Å². The van der Waals surface area contributed by atoms with Gasteiger partial charge in [-0.3, -0.25) is 0 Å². The summed E-state index contributed by atoms with van der Waals surface area (Å²) in [6.45, 7) is 3.19. The Morgan fingerprint density at radius 2 is 1.64 bits per heavy atom. The van der Waals surface area contributed by atoms with Crippen molar-refractivity contribution in [3.8, 4) is 22.4 Å².